The van der Waals surface area contributed by atoms with Crippen molar-refractivity contribution in [1.82, 2.24) is 19.6 Å². The fourth-order valence-electron chi connectivity index (χ4n) is 1.86. The van der Waals surface area contributed by atoms with Crippen LogP contribution >= 0.6 is 11.3 Å². The van der Waals surface area contributed by atoms with E-state index in [0.717, 1.165) is 29.3 Å². The first-order chi connectivity index (χ1) is 9.20. The van der Waals surface area contributed by atoms with Crippen LogP contribution in [-0.2, 0) is 6.42 Å². The van der Waals surface area contributed by atoms with Crippen LogP contribution in [-0.4, -0.2) is 26.1 Å². The van der Waals surface area contributed by atoms with Crippen molar-refractivity contribution in [3.05, 3.63) is 40.0 Å². The molecule has 0 aliphatic heterocycles. The third-order valence-electron chi connectivity index (χ3n) is 2.78. The van der Waals surface area contributed by atoms with E-state index in [9.17, 15) is 0 Å². The predicted octanol–water partition coefficient (Wildman–Crippen LogP) is 2.46. The second-order valence-electron chi connectivity index (χ2n) is 4.50. The van der Waals surface area contributed by atoms with Crippen LogP contribution in [0.15, 0.2) is 23.7 Å². The molecule has 6 heteroatoms. The molecule has 0 atom stereocenters. The minimum absolute atomic E-state index is 0.666. The number of pyridine rings is 1. The van der Waals surface area contributed by atoms with Crippen LogP contribution in [0.4, 0.5) is 5.95 Å². The van der Waals surface area contributed by atoms with Gasteiger partial charge in [-0.3, -0.25) is 0 Å². The molecule has 0 spiro atoms. The Hall–Kier alpha value is -1.95. The highest BCUT2D eigenvalue weighted by molar-refractivity contribution is 7.09. The predicted molar refractivity (Wildman–Crippen MR) is 76.8 cm³/mol. The quantitative estimate of drug-likeness (QED) is 0.793. The van der Waals surface area contributed by atoms with Gasteiger partial charge >= 0.3 is 0 Å². The highest BCUT2D eigenvalue weighted by Gasteiger charge is 2.03. The zero-order chi connectivity index (χ0) is 13.2. The van der Waals surface area contributed by atoms with E-state index in [4.69, 9.17) is 0 Å². The van der Waals surface area contributed by atoms with Crippen molar-refractivity contribution in [2.45, 2.75) is 20.3 Å². The van der Waals surface area contributed by atoms with E-state index in [2.05, 4.69) is 25.8 Å². The molecule has 98 valence electrons. The van der Waals surface area contributed by atoms with Crippen LogP contribution in [0.5, 0.6) is 0 Å². The normalized spacial score (nSPS) is 11.1. The van der Waals surface area contributed by atoms with Crippen LogP contribution in [0, 0.1) is 13.8 Å². The molecule has 19 heavy (non-hydrogen) atoms. The first-order valence-corrected chi connectivity index (χ1v) is 7.06. The van der Waals surface area contributed by atoms with Gasteiger partial charge in [0.1, 0.15) is 0 Å². The summed E-state index contributed by atoms with van der Waals surface area (Å²) in [6, 6.07) is 4.03. The van der Waals surface area contributed by atoms with Gasteiger partial charge in [-0.25, -0.2) is 9.50 Å². The average Bonchev–Trinajstić information content (AvgIpc) is 2.95. The molecule has 1 N–H and O–H groups in total. The molecule has 0 unspecified atom stereocenters. The molecule has 3 heterocycles. The summed E-state index contributed by atoms with van der Waals surface area (Å²) in [5.74, 6) is 0.666. The number of fused-ring (bicyclic) bond motifs is 1. The Kier molecular flexibility index (Phi) is 3.16. The van der Waals surface area contributed by atoms with Gasteiger partial charge in [-0.2, -0.15) is 4.98 Å². The lowest BCUT2D eigenvalue weighted by Crippen LogP contribution is -2.06. The minimum Gasteiger partial charge on any atom is -0.352 e. The van der Waals surface area contributed by atoms with Gasteiger partial charge in [0.15, 0.2) is 5.65 Å². The summed E-state index contributed by atoms with van der Waals surface area (Å²) in [5, 5.41) is 10.8. The number of thiazole rings is 1. The average molecular weight is 273 g/mol. The standard InChI is InChI=1S/C13H15N5S/c1-9-4-6-18-11(7-9)16-13(17-18)14-5-3-12-15-10(2)8-19-12/h4,6-8H,3,5H2,1-2H3,(H,14,17). The first-order valence-electron chi connectivity index (χ1n) is 6.18. The number of nitrogens with zero attached hydrogens (tertiary/aromatic N) is 4. The van der Waals surface area contributed by atoms with Gasteiger partial charge in [0.25, 0.3) is 0 Å². The minimum atomic E-state index is 0.666. The lowest BCUT2D eigenvalue weighted by molar-refractivity contribution is 0.929. The number of nitrogens with one attached hydrogen (secondary N) is 1. The molecule has 0 radical (unpaired) electrons. The van der Waals surface area contributed by atoms with Gasteiger partial charge in [0.05, 0.1) is 5.01 Å². The van der Waals surface area contributed by atoms with Crippen molar-refractivity contribution in [2.24, 2.45) is 0 Å². The Labute approximate surface area is 115 Å². The zero-order valence-corrected chi connectivity index (χ0v) is 11.7. The summed E-state index contributed by atoms with van der Waals surface area (Å²) < 4.78 is 1.78. The van der Waals surface area contributed by atoms with Gasteiger partial charge in [0, 0.05) is 30.2 Å². The first kappa shape index (κ1) is 12.1. The molecule has 0 aliphatic rings. The molecule has 3 rings (SSSR count). The van der Waals surface area contributed by atoms with Gasteiger partial charge in [-0.05, 0) is 31.5 Å². The van der Waals surface area contributed by atoms with E-state index < -0.39 is 0 Å². The summed E-state index contributed by atoms with van der Waals surface area (Å²) in [4.78, 5) is 8.86. The van der Waals surface area contributed by atoms with Crippen LogP contribution in [0.1, 0.15) is 16.3 Å². The lowest BCUT2D eigenvalue weighted by Gasteiger charge is -1.98. The Bertz CT molecular complexity index is 700. The summed E-state index contributed by atoms with van der Waals surface area (Å²) >= 11 is 1.69. The summed E-state index contributed by atoms with van der Waals surface area (Å²) in [7, 11) is 0. The second kappa shape index (κ2) is 4.97. The highest BCUT2D eigenvalue weighted by Crippen LogP contribution is 2.10. The lowest BCUT2D eigenvalue weighted by atomic mass is 10.3. The maximum atomic E-state index is 4.43. The Balaban J connectivity index is 1.65. The molecule has 0 saturated carbocycles. The monoisotopic (exact) mass is 273 g/mol. The molecule has 0 amide bonds. The van der Waals surface area contributed by atoms with Gasteiger partial charge in [-0.15, -0.1) is 16.4 Å². The van der Waals surface area contributed by atoms with Crippen molar-refractivity contribution >= 4 is 22.9 Å². The van der Waals surface area contributed by atoms with E-state index in [1.54, 1.807) is 15.9 Å². The highest BCUT2D eigenvalue weighted by atomic mass is 32.1. The van der Waals surface area contributed by atoms with Crippen LogP contribution < -0.4 is 5.32 Å². The van der Waals surface area contributed by atoms with Crippen molar-refractivity contribution < 1.29 is 0 Å². The smallest absolute Gasteiger partial charge is 0.243 e. The fraction of sp³-hybridized carbons (Fsp3) is 0.308. The molecule has 3 aromatic rings. The molecule has 0 fully saturated rings. The van der Waals surface area contributed by atoms with Crippen molar-refractivity contribution in [3.63, 3.8) is 0 Å². The van der Waals surface area contributed by atoms with E-state index in [1.165, 1.54) is 5.56 Å². The Morgan fingerprint density at radius 1 is 1.32 bits per heavy atom. The molecular weight excluding hydrogens is 258 g/mol. The maximum Gasteiger partial charge on any atom is 0.243 e. The molecule has 0 aliphatic carbocycles. The third-order valence-corrected chi connectivity index (χ3v) is 3.81. The number of anilines is 1. The molecule has 5 nitrogen and oxygen atoms in total. The molecule has 0 saturated heterocycles. The fourth-order valence-corrected chi connectivity index (χ4v) is 2.63. The summed E-state index contributed by atoms with van der Waals surface area (Å²) in [5.41, 5.74) is 3.14. The van der Waals surface area contributed by atoms with Gasteiger partial charge < -0.3 is 5.32 Å². The Morgan fingerprint density at radius 2 is 2.21 bits per heavy atom. The SMILES string of the molecule is Cc1ccn2nc(NCCc3nc(C)cs3)nc2c1. The second-order valence-corrected chi connectivity index (χ2v) is 5.44. The summed E-state index contributed by atoms with van der Waals surface area (Å²) in [6.45, 7) is 4.86. The Morgan fingerprint density at radius 3 is 3.00 bits per heavy atom. The molecule has 0 aromatic carbocycles. The number of aryl methyl sites for hydroxylation is 2. The van der Waals surface area contributed by atoms with Gasteiger partial charge in [0.2, 0.25) is 5.95 Å². The van der Waals surface area contributed by atoms with Crippen molar-refractivity contribution in [2.75, 3.05) is 11.9 Å². The van der Waals surface area contributed by atoms with E-state index >= 15 is 0 Å². The van der Waals surface area contributed by atoms with E-state index in [-0.39, 0.29) is 0 Å². The summed E-state index contributed by atoms with van der Waals surface area (Å²) in [6.07, 6.45) is 2.82. The molecule has 3 aromatic heterocycles. The third kappa shape index (κ3) is 2.73. The van der Waals surface area contributed by atoms with E-state index in [0.29, 0.717) is 5.95 Å². The number of rotatable bonds is 4. The van der Waals surface area contributed by atoms with Crippen LogP contribution in [0.2, 0.25) is 0 Å². The van der Waals surface area contributed by atoms with Crippen LogP contribution in [0.3, 0.4) is 0 Å². The topological polar surface area (TPSA) is 55.1 Å². The molecule has 0 bridgehead atoms. The number of hydrogen-bond donors (Lipinski definition) is 1. The van der Waals surface area contributed by atoms with Gasteiger partial charge in [-0.1, -0.05) is 0 Å². The maximum absolute atomic E-state index is 4.43. The van der Waals surface area contributed by atoms with Crippen molar-refractivity contribution in [3.8, 4) is 0 Å². The van der Waals surface area contributed by atoms with E-state index in [1.807, 2.05) is 32.2 Å². The molecular formula is C13H15N5S. The van der Waals surface area contributed by atoms with Crippen molar-refractivity contribution in [1.29, 1.82) is 0 Å². The zero-order valence-electron chi connectivity index (χ0n) is 10.9. The number of aromatic nitrogens is 4. The largest absolute Gasteiger partial charge is 0.352 e. The number of hydrogen-bond acceptors (Lipinski definition) is 5. The van der Waals surface area contributed by atoms with Crippen LogP contribution in [0.25, 0.3) is 5.65 Å².